The van der Waals surface area contributed by atoms with Gasteiger partial charge in [-0.15, -0.1) is 0 Å². The van der Waals surface area contributed by atoms with Gasteiger partial charge in [0.15, 0.2) is 5.78 Å². The molecule has 0 fully saturated rings. The summed E-state index contributed by atoms with van der Waals surface area (Å²) in [6.45, 7) is 2.35. The van der Waals surface area contributed by atoms with Crippen molar-refractivity contribution in [2.45, 2.75) is 13.5 Å². The van der Waals surface area contributed by atoms with Gasteiger partial charge in [-0.25, -0.2) is 4.98 Å². The lowest BCUT2D eigenvalue weighted by molar-refractivity contribution is 0.104. The van der Waals surface area contributed by atoms with Crippen molar-refractivity contribution in [1.82, 2.24) is 4.98 Å². The first-order chi connectivity index (χ1) is 14.2. The van der Waals surface area contributed by atoms with E-state index >= 15 is 0 Å². The molecule has 1 aromatic heterocycles. The summed E-state index contributed by atoms with van der Waals surface area (Å²) in [6, 6.07) is 27.3. The third-order valence-corrected chi connectivity index (χ3v) is 4.76. The second-order valence-corrected chi connectivity index (χ2v) is 6.87. The molecule has 0 aliphatic heterocycles. The third-order valence-electron chi connectivity index (χ3n) is 4.76. The summed E-state index contributed by atoms with van der Waals surface area (Å²) in [5.74, 6) is 0.771. The normalized spacial score (nSPS) is 11.1. The molecule has 29 heavy (non-hydrogen) atoms. The summed E-state index contributed by atoms with van der Waals surface area (Å²) < 4.78 is 5.85. The summed E-state index contributed by atoms with van der Waals surface area (Å²) in [7, 11) is 0. The molecule has 0 radical (unpaired) electrons. The minimum absolute atomic E-state index is 0.00538. The van der Waals surface area contributed by atoms with Crippen LogP contribution in [0.5, 0.6) is 5.75 Å². The van der Waals surface area contributed by atoms with Gasteiger partial charge in [-0.2, -0.15) is 0 Å². The molecule has 0 N–H and O–H groups in total. The van der Waals surface area contributed by atoms with Crippen LogP contribution in [0.25, 0.3) is 17.0 Å². The predicted molar refractivity (Wildman–Crippen MR) is 117 cm³/mol. The van der Waals surface area contributed by atoms with Gasteiger partial charge in [0.2, 0.25) is 0 Å². The number of aromatic nitrogens is 1. The van der Waals surface area contributed by atoms with Gasteiger partial charge < -0.3 is 4.74 Å². The van der Waals surface area contributed by atoms with Crippen LogP contribution in [0.3, 0.4) is 0 Å². The number of aryl methyl sites for hydroxylation is 1. The highest BCUT2D eigenvalue weighted by atomic mass is 16.5. The smallest absolute Gasteiger partial charge is 0.186 e. The number of allylic oxidation sites excluding steroid dienone is 1. The molecular weight excluding hydrogens is 358 g/mol. The molecule has 3 aromatic carbocycles. The zero-order chi connectivity index (χ0) is 20.1. The minimum Gasteiger partial charge on any atom is -0.487 e. The van der Waals surface area contributed by atoms with Gasteiger partial charge in [-0.3, -0.25) is 4.79 Å². The SMILES string of the molecule is Cc1ccccc1C(=O)/C=C/c1ccc(OCc2ccc3ccccc3n2)cc1. The standard InChI is InChI=1S/C26H21NO2/c1-19-6-2-4-8-24(19)26(28)17-12-20-10-15-23(16-11-20)29-18-22-14-13-21-7-3-5-9-25(21)27-22/h2-17H,18H2,1H3/b17-12+. The molecule has 142 valence electrons. The van der Waals surface area contributed by atoms with Gasteiger partial charge in [0.1, 0.15) is 12.4 Å². The van der Waals surface area contributed by atoms with Crippen molar-refractivity contribution in [2.75, 3.05) is 0 Å². The molecule has 0 spiro atoms. The monoisotopic (exact) mass is 379 g/mol. The zero-order valence-corrected chi connectivity index (χ0v) is 16.2. The number of pyridine rings is 1. The van der Waals surface area contributed by atoms with Gasteiger partial charge in [0, 0.05) is 10.9 Å². The Morgan fingerprint density at radius 1 is 0.897 bits per heavy atom. The second-order valence-electron chi connectivity index (χ2n) is 6.87. The molecule has 0 unspecified atom stereocenters. The number of benzene rings is 3. The lowest BCUT2D eigenvalue weighted by Crippen LogP contribution is -1.98. The highest BCUT2D eigenvalue weighted by Crippen LogP contribution is 2.17. The Labute approximate surface area is 170 Å². The van der Waals surface area contributed by atoms with Gasteiger partial charge in [0.05, 0.1) is 11.2 Å². The Morgan fingerprint density at radius 2 is 1.66 bits per heavy atom. The van der Waals surface area contributed by atoms with E-state index in [1.165, 1.54) is 0 Å². The lowest BCUT2D eigenvalue weighted by atomic mass is 10.0. The zero-order valence-electron chi connectivity index (χ0n) is 16.2. The number of nitrogens with zero attached hydrogens (tertiary/aromatic N) is 1. The Balaban J connectivity index is 1.38. The van der Waals surface area contributed by atoms with Crippen molar-refractivity contribution in [3.8, 4) is 5.75 Å². The van der Waals surface area contributed by atoms with E-state index in [9.17, 15) is 4.79 Å². The Bertz CT molecular complexity index is 1180. The highest BCUT2D eigenvalue weighted by Gasteiger charge is 2.04. The van der Waals surface area contributed by atoms with Crippen molar-refractivity contribution < 1.29 is 9.53 Å². The summed E-state index contributed by atoms with van der Waals surface area (Å²) >= 11 is 0. The van der Waals surface area contributed by atoms with E-state index in [1.54, 1.807) is 6.08 Å². The Morgan fingerprint density at radius 3 is 2.48 bits per heavy atom. The van der Waals surface area contributed by atoms with Gasteiger partial charge in [-0.1, -0.05) is 66.7 Å². The Kier molecular flexibility index (Phi) is 5.48. The maximum absolute atomic E-state index is 12.3. The number of para-hydroxylation sites is 1. The van der Waals surface area contributed by atoms with Crippen LogP contribution in [0, 0.1) is 6.92 Å². The summed E-state index contributed by atoms with van der Waals surface area (Å²) in [4.78, 5) is 17.0. The number of rotatable bonds is 6. The first-order valence-corrected chi connectivity index (χ1v) is 9.55. The van der Waals surface area contributed by atoms with Gasteiger partial charge in [0.25, 0.3) is 0 Å². The molecule has 0 atom stereocenters. The second kappa shape index (κ2) is 8.53. The lowest BCUT2D eigenvalue weighted by Gasteiger charge is -2.07. The largest absolute Gasteiger partial charge is 0.487 e. The number of ether oxygens (including phenoxy) is 1. The fourth-order valence-electron chi connectivity index (χ4n) is 3.13. The maximum Gasteiger partial charge on any atom is 0.186 e. The van der Waals surface area contributed by atoms with Crippen molar-refractivity contribution in [1.29, 1.82) is 0 Å². The van der Waals surface area contributed by atoms with Crippen molar-refractivity contribution >= 4 is 22.8 Å². The molecule has 0 bridgehead atoms. The molecule has 1 heterocycles. The fourth-order valence-corrected chi connectivity index (χ4v) is 3.13. The van der Waals surface area contributed by atoms with Crippen LogP contribution in [0.15, 0.2) is 91.0 Å². The number of carbonyl (C=O) groups is 1. The molecule has 0 saturated carbocycles. The fraction of sp³-hybridized carbons (Fsp3) is 0.0769. The number of fused-ring (bicyclic) bond motifs is 1. The first kappa shape index (κ1) is 18.6. The van der Waals surface area contributed by atoms with Crippen molar-refractivity contribution in [2.24, 2.45) is 0 Å². The van der Waals surface area contributed by atoms with Crippen LogP contribution in [-0.4, -0.2) is 10.8 Å². The first-order valence-electron chi connectivity index (χ1n) is 9.55. The van der Waals surface area contributed by atoms with E-state index in [2.05, 4.69) is 11.1 Å². The van der Waals surface area contributed by atoms with Gasteiger partial charge >= 0.3 is 0 Å². The van der Waals surface area contributed by atoms with E-state index in [0.717, 1.165) is 39.0 Å². The number of hydrogen-bond acceptors (Lipinski definition) is 3. The molecule has 0 aliphatic carbocycles. The van der Waals surface area contributed by atoms with Crippen LogP contribution in [-0.2, 0) is 6.61 Å². The molecule has 3 heteroatoms. The van der Waals surface area contributed by atoms with Crippen LogP contribution in [0.1, 0.15) is 27.2 Å². The number of carbonyl (C=O) groups excluding carboxylic acids is 1. The summed E-state index contributed by atoms with van der Waals surface area (Å²) in [5.41, 5.74) is 4.51. The number of hydrogen-bond donors (Lipinski definition) is 0. The molecule has 0 aliphatic rings. The van der Waals surface area contributed by atoms with E-state index in [1.807, 2.05) is 91.9 Å². The summed E-state index contributed by atoms with van der Waals surface area (Å²) in [6.07, 6.45) is 3.43. The van der Waals surface area contributed by atoms with E-state index in [-0.39, 0.29) is 5.78 Å². The molecule has 4 aromatic rings. The molecule has 0 amide bonds. The Hall–Kier alpha value is -3.72. The maximum atomic E-state index is 12.3. The van der Waals surface area contributed by atoms with Gasteiger partial charge in [-0.05, 0) is 48.4 Å². The van der Waals surface area contributed by atoms with Crippen molar-refractivity contribution in [3.05, 3.63) is 113 Å². The highest BCUT2D eigenvalue weighted by molar-refractivity contribution is 6.07. The van der Waals surface area contributed by atoms with E-state index in [0.29, 0.717) is 6.61 Å². The summed E-state index contributed by atoms with van der Waals surface area (Å²) in [5, 5.41) is 1.12. The predicted octanol–water partition coefficient (Wildman–Crippen LogP) is 6.02. The van der Waals surface area contributed by atoms with Crippen LogP contribution in [0.4, 0.5) is 0 Å². The van der Waals surface area contributed by atoms with Crippen molar-refractivity contribution in [3.63, 3.8) is 0 Å². The quantitative estimate of drug-likeness (QED) is 0.304. The van der Waals surface area contributed by atoms with Crippen LogP contribution < -0.4 is 4.74 Å². The van der Waals surface area contributed by atoms with Crippen LogP contribution >= 0.6 is 0 Å². The molecule has 3 nitrogen and oxygen atoms in total. The molecular formula is C26H21NO2. The topological polar surface area (TPSA) is 39.2 Å². The van der Waals surface area contributed by atoms with Crippen LogP contribution in [0.2, 0.25) is 0 Å². The number of ketones is 1. The van der Waals surface area contributed by atoms with E-state index in [4.69, 9.17) is 4.74 Å². The van der Waals surface area contributed by atoms with E-state index < -0.39 is 0 Å². The average Bonchev–Trinajstić information content (AvgIpc) is 2.77. The molecule has 4 rings (SSSR count). The minimum atomic E-state index is 0.00538. The third kappa shape index (κ3) is 4.58. The molecule has 0 saturated heterocycles. The average molecular weight is 379 g/mol.